The number of esters is 1. The van der Waals surface area contributed by atoms with Gasteiger partial charge in [0, 0.05) is 6.42 Å². The molecule has 0 saturated heterocycles. The van der Waals surface area contributed by atoms with Gasteiger partial charge in [-0.25, -0.2) is 0 Å². The molecule has 1 aliphatic carbocycles. The quantitative estimate of drug-likeness (QED) is 0.552. The van der Waals surface area contributed by atoms with E-state index in [-0.39, 0.29) is 24.1 Å². The Morgan fingerprint density at radius 1 is 1.47 bits per heavy atom. The maximum atomic E-state index is 11.8. The van der Waals surface area contributed by atoms with Crippen LogP contribution in [0.15, 0.2) is 23.8 Å². The molecule has 106 valence electrons. The molecule has 5 heteroatoms. The number of carbonyl (C=O) groups excluding carboxylic acids is 1. The first-order valence-electron chi connectivity index (χ1n) is 6.54. The molecule has 0 aliphatic heterocycles. The van der Waals surface area contributed by atoms with E-state index in [0.717, 1.165) is 5.57 Å². The highest BCUT2D eigenvalue weighted by Gasteiger charge is 2.27. The van der Waals surface area contributed by atoms with Gasteiger partial charge in [-0.15, -0.1) is 4.52 Å². The molecule has 0 bridgehead atoms. The van der Waals surface area contributed by atoms with Crippen LogP contribution in [0.1, 0.15) is 33.6 Å². The van der Waals surface area contributed by atoms with Crippen LogP contribution in [0.25, 0.3) is 0 Å². The molecule has 1 rings (SSSR count). The van der Waals surface area contributed by atoms with E-state index in [1.54, 1.807) is 6.66 Å². The molecule has 0 N–H and O–H groups in total. The third-order valence-electron chi connectivity index (χ3n) is 2.78. The number of hydrogen-bond acceptors (Lipinski definition) is 4. The summed E-state index contributed by atoms with van der Waals surface area (Å²) in [4.78, 5) is 11.8. The zero-order valence-corrected chi connectivity index (χ0v) is 12.9. The maximum absolute atomic E-state index is 11.8. The summed E-state index contributed by atoms with van der Waals surface area (Å²) in [7, 11) is -1.65. The molecule has 0 amide bonds. The third kappa shape index (κ3) is 5.66. The minimum atomic E-state index is -1.65. The van der Waals surface area contributed by atoms with Crippen molar-refractivity contribution in [3.05, 3.63) is 23.8 Å². The summed E-state index contributed by atoms with van der Waals surface area (Å²) >= 11 is 0. The second kappa shape index (κ2) is 7.56. The van der Waals surface area contributed by atoms with E-state index in [1.807, 2.05) is 39.0 Å². The minimum absolute atomic E-state index is 0.104. The van der Waals surface area contributed by atoms with E-state index in [4.69, 9.17) is 9.26 Å². The van der Waals surface area contributed by atoms with Crippen LogP contribution in [-0.2, 0) is 18.6 Å². The Balaban J connectivity index is 2.62. The monoisotopic (exact) mass is 285 g/mol. The summed E-state index contributed by atoms with van der Waals surface area (Å²) in [5, 5.41) is 0. The van der Waals surface area contributed by atoms with Gasteiger partial charge >= 0.3 is 14.0 Å². The minimum Gasteiger partial charge on any atom is -0.463 e. The molecule has 4 nitrogen and oxygen atoms in total. The van der Waals surface area contributed by atoms with Crippen molar-refractivity contribution in [3.8, 4) is 0 Å². The van der Waals surface area contributed by atoms with Gasteiger partial charge in [0.1, 0.15) is 6.10 Å². The zero-order chi connectivity index (χ0) is 14.4. The van der Waals surface area contributed by atoms with E-state index in [2.05, 4.69) is 0 Å². The molecule has 0 aromatic heterocycles. The van der Waals surface area contributed by atoms with Crippen LogP contribution < -0.4 is 0 Å². The Labute approximate surface area is 115 Å². The van der Waals surface area contributed by atoms with Crippen molar-refractivity contribution in [2.45, 2.75) is 45.8 Å². The third-order valence-corrected chi connectivity index (χ3v) is 3.33. The standard InChI is InChI=1S/C14H22O4P/c1-10(2)17-14(15)11(3)9-12-7-5-6-8-13(12)18-19(4)16/h5-7,10-11,13H,8-9H2,1-4H3/q+1/t11-,13?/m0/s1. The lowest BCUT2D eigenvalue weighted by Crippen LogP contribution is -2.23. The van der Waals surface area contributed by atoms with E-state index in [0.29, 0.717) is 12.8 Å². The van der Waals surface area contributed by atoms with Gasteiger partial charge in [0.2, 0.25) is 0 Å². The van der Waals surface area contributed by atoms with Crippen molar-refractivity contribution >= 4 is 14.0 Å². The molecule has 0 aromatic carbocycles. The van der Waals surface area contributed by atoms with Crippen molar-refractivity contribution < 1.29 is 18.6 Å². The average molecular weight is 285 g/mol. The summed E-state index contributed by atoms with van der Waals surface area (Å²) in [6.07, 6.45) is 6.84. The Hall–Kier alpha value is -0.990. The summed E-state index contributed by atoms with van der Waals surface area (Å²) < 4.78 is 21.8. The molecule has 3 atom stereocenters. The lowest BCUT2D eigenvalue weighted by atomic mass is 9.93. The molecular weight excluding hydrogens is 263 g/mol. The Bertz CT molecular complexity index is 398. The van der Waals surface area contributed by atoms with Gasteiger partial charge in [-0.3, -0.25) is 4.79 Å². The van der Waals surface area contributed by atoms with Crippen molar-refractivity contribution in [2.75, 3.05) is 6.66 Å². The second-order valence-corrected chi connectivity index (χ2v) is 6.12. The van der Waals surface area contributed by atoms with Crippen LogP contribution in [0.4, 0.5) is 0 Å². The van der Waals surface area contributed by atoms with Crippen LogP contribution in [0, 0.1) is 5.92 Å². The number of carbonyl (C=O) groups is 1. The molecule has 1 aliphatic rings. The van der Waals surface area contributed by atoms with E-state index >= 15 is 0 Å². The first-order valence-corrected chi connectivity index (χ1v) is 8.16. The Morgan fingerprint density at radius 2 is 2.16 bits per heavy atom. The average Bonchev–Trinajstić information content (AvgIpc) is 2.30. The highest BCUT2D eigenvalue weighted by molar-refractivity contribution is 7.38. The van der Waals surface area contributed by atoms with Gasteiger partial charge < -0.3 is 4.74 Å². The van der Waals surface area contributed by atoms with Crippen molar-refractivity contribution in [1.82, 2.24) is 0 Å². The molecule has 19 heavy (non-hydrogen) atoms. The number of allylic oxidation sites excluding steroid dienone is 2. The van der Waals surface area contributed by atoms with Crippen molar-refractivity contribution in [3.63, 3.8) is 0 Å². The largest absolute Gasteiger partial charge is 0.505 e. The summed E-state index contributed by atoms with van der Waals surface area (Å²) in [6, 6.07) is 0. The molecule has 0 aromatic rings. The highest BCUT2D eigenvalue weighted by Crippen LogP contribution is 2.30. The maximum Gasteiger partial charge on any atom is 0.505 e. The zero-order valence-electron chi connectivity index (χ0n) is 12.0. The van der Waals surface area contributed by atoms with E-state index < -0.39 is 8.03 Å². The normalized spacial score (nSPS) is 21.0. The summed E-state index contributed by atoms with van der Waals surface area (Å²) in [5.41, 5.74) is 1.00. The van der Waals surface area contributed by atoms with Crippen molar-refractivity contribution in [1.29, 1.82) is 0 Å². The predicted octanol–water partition coefficient (Wildman–Crippen LogP) is 3.61. The predicted molar refractivity (Wildman–Crippen MR) is 75.3 cm³/mol. The first kappa shape index (κ1) is 16.1. The van der Waals surface area contributed by atoms with Crippen LogP contribution in [-0.4, -0.2) is 24.8 Å². The molecule has 0 saturated carbocycles. The van der Waals surface area contributed by atoms with Gasteiger partial charge in [0.05, 0.1) is 12.0 Å². The summed E-state index contributed by atoms with van der Waals surface area (Å²) in [6.45, 7) is 7.05. The van der Waals surface area contributed by atoms with Gasteiger partial charge in [-0.2, -0.15) is 0 Å². The van der Waals surface area contributed by atoms with Crippen LogP contribution in [0.3, 0.4) is 0 Å². The molecular formula is C14H22O4P+. The van der Waals surface area contributed by atoms with E-state index in [1.165, 1.54) is 0 Å². The number of rotatable bonds is 6. The topological polar surface area (TPSA) is 52.6 Å². The number of ether oxygens (including phenoxy) is 1. The van der Waals surface area contributed by atoms with Crippen LogP contribution >= 0.6 is 8.03 Å². The molecule has 0 spiro atoms. The fourth-order valence-corrected chi connectivity index (χ4v) is 2.51. The Morgan fingerprint density at radius 3 is 2.74 bits per heavy atom. The molecule has 0 fully saturated rings. The van der Waals surface area contributed by atoms with Crippen molar-refractivity contribution in [2.24, 2.45) is 5.92 Å². The highest BCUT2D eigenvalue weighted by atomic mass is 31.1. The molecule has 0 radical (unpaired) electrons. The van der Waals surface area contributed by atoms with Gasteiger partial charge in [0.15, 0.2) is 6.66 Å². The first-order chi connectivity index (χ1) is 8.90. The fourth-order valence-electron chi connectivity index (χ4n) is 1.93. The SMILES string of the molecule is CC(C)OC(=O)[C@@H](C)CC1=CC=CCC1O[P+](C)=O. The number of hydrogen-bond donors (Lipinski definition) is 0. The van der Waals surface area contributed by atoms with Gasteiger partial charge in [-0.1, -0.05) is 25.2 Å². The van der Waals surface area contributed by atoms with Gasteiger partial charge in [0.25, 0.3) is 0 Å². The fraction of sp³-hybridized carbons (Fsp3) is 0.643. The summed E-state index contributed by atoms with van der Waals surface area (Å²) in [5.74, 6) is -0.425. The molecule has 2 unspecified atom stereocenters. The van der Waals surface area contributed by atoms with Gasteiger partial charge in [-0.05, 0) is 30.4 Å². The lowest BCUT2D eigenvalue weighted by molar-refractivity contribution is -0.151. The van der Waals surface area contributed by atoms with Crippen LogP contribution in [0.5, 0.6) is 0 Å². The van der Waals surface area contributed by atoms with E-state index in [9.17, 15) is 9.36 Å². The lowest BCUT2D eigenvalue weighted by Gasteiger charge is -2.20. The molecule has 0 heterocycles. The van der Waals surface area contributed by atoms with Crippen LogP contribution in [0.2, 0.25) is 0 Å². The smallest absolute Gasteiger partial charge is 0.463 e. The second-order valence-electron chi connectivity index (χ2n) is 5.03. The Kier molecular flexibility index (Phi) is 6.40.